The van der Waals surface area contributed by atoms with Crippen LogP contribution in [-0.4, -0.2) is 38.7 Å². The lowest BCUT2D eigenvalue weighted by Gasteiger charge is -2.12. The fraction of sp³-hybridized carbons (Fsp3) is 0.538. The minimum atomic E-state index is -3.64. The Kier molecular flexibility index (Phi) is 4.79. The van der Waals surface area contributed by atoms with E-state index in [-0.39, 0.29) is 16.3 Å². The van der Waals surface area contributed by atoms with Crippen molar-refractivity contribution in [3.8, 4) is 0 Å². The summed E-state index contributed by atoms with van der Waals surface area (Å²) in [7, 11) is -3.64. The van der Waals surface area contributed by atoms with Gasteiger partial charge < -0.3 is 10.6 Å². The largest absolute Gasteiger partial charge is 0.379 e. The van der Waals surface area contributed by atoms with Crippen LogP contribution in [0.25, 0.3) is 0 Å². The highest BCUT2D eigenvalue weighted by Crippen LogP contribution is 2.31. The number of nitro benzene ring substituents is 1. The molecule has 0 spiro atoms. The van der Waals surface area contributed by atoms with Crippen molar-refractivity contribution >= 4 is 21.2 Å². The lowest BCUT2D eigenvalue weighted by Crippen LogP contribution is -2.24. The van der Waals surface area contributed by atoms with Gasteiger partial charge in [-0.15, -0.1) is 0 Å². The molecule has 1 atom stereocenters. The Morgan fingerprint density at radius 1 is 1.48 bits per heavy atom. The maximum absolute atomic E-state index is 11.7. The van der Waals surface area contributed by atoms with Gasteiger partial charge in [0, 0.05) is 18.8 Å². The van der Waals surface area contributed by atoms with Crippen LogP contribution in [0.3, 0.4) is 0 Å². The highest BCUT2D eigenvalue weighted by atomic mass is 32.2. The van der Waals surface area contributed by atoms with E-state index in [1.807, 2.05) is 0 Å². The SMILES string of the molecule is CS(=O)(=O)c1cccc(NCC[C@H]2CCCN2)c1[N+](=O)[O-]. The molecular weight excluding hydrogens is 294 g/mol. The summed E-state index contributed by atoms with van der Waals surface area (Å²) in [6.45, 7) is 1.57. The molecule has 2 N–H and O–H groups in total. The van der Waals surface area contributed by atoms with Crippen molar-refractivity contribution < 1.29 is 13.3 Å². The number of rotatable bonds is 6. The molecule has 1 aliphatic heterocycles. The quantitative estimate of drug-likeness (QED) is 0.610. The highest BCUT2D eigenvalue weighted by molar-refractivity contribution is 7.90. The van der Waals surface area contributed by atoms with Crippen LogP contribution in [0, 0.1) is 10.1 Å². The van der Waals surface area contributed by atoms with Crippen LogP contribution in [0.5, 0.6) is 0 Å². The van der Waals surface area contributed by atoms with E-state index in [0.717, 1.165) is 32.1 Å². The molecule has 0 unspecified atom stereocenters. The van der Waals surface area contributed by atoms with Gasteiger partial charge in [-0.3, -0.25) is 10.1 Å². The van der Waals surface area contributed by atoms with E-state index >= 15 is 0 Å². The number of para-hydroxylation sites is 1. The maximum Gasteiger partial charge on any atom is 0.310 e. The second kappa shape index (κ2) is 6.40. The Morgan fingerprint density at radius 3 is 2.81 bits per heavy atom. The monoisotopic (exact) mass is 313 g/mol. The van der Waals surface area contributed by atoms with Crippen LogP contribution >= 0.6 is 0 Å². The summed E-state index contributed by atoms with van der Waals surface area (Å²) in [6.07, 6.45) is 4.07. The van der Waals surface area contributed by atoms with E-state index in [9.17, 15) is 18.5 Å². The molecule has 0 amide bonds. The van der Waals surface area contributed by atoms with E-state index in [0.29, 0.717) is 12.6 Å². The van der Waals surface area contributed by atoms with E-state index < -0.39 is 14.8 Å². The minimum Gasteiger partial charge on any atom is -0.379 e. The van der Waals surface area contributed by atoms with Gasteiger partial charge in [-0.2, -0.15) is 0 Å². The van der Waals surface area contributed by atoms with Gasteiger partial charge in [0.2, 0.25) is 0 Å². The fourth-order valence-corrected chi connectivity index (χ4v) is 3.40. The topological polar surface area (TPSA) is 101 Å². The zero-order chi connectivity index (χ0) is 15.5. The number of nitrogens with zero attached hydrogens (tertiary/aromatic N) is 1. The van der Waals surface area contributed by atoms with Crippen molar-refractivity contribution in [3.63, 3.8) is 0 Å². The predicted molar refractivity (Wildman–Crippen MR) is 80.3 cm³/mol. The summed E-state index contributed by atoms with van der Waals surface area (Å²) >= 11 is 0. The number of sulfone groups is 1. The van der Waals surface area contributed by atoms with Crippen LogP contribution < -0.4 is 10.6 Å². The summed E-state index contributed by atoms with van der Waals surface area (Å²) in [4.78, 5) is 10.3. The van der Waals surface area contributed by atoms with E-state index in [4.69, 9.17) is 0 Å². The zero-order valence-corrected chi connectivity index (χ0v) is 12.6. The van der Waals surface area contributed by atoms with Crippen molar-refractivity contribution in [2.45, 2.75) is 30.2 Å². The molecule has 1 aromatic rings. The van der Waals surface area contributed by atoms with Crippen LogP contribution in [-0.2, 0) is 9.84 Å². The number of benzene rings is 1. The standard InChI is InChI=1S/C13H19N3O4S/c1-21(19,20)12-6-2-5-11(13(12)16(17)18)15-9-7-10-4-3-8-14-10/h2,5-6,10,14-15H,3-4,7-9H2,1H3/t10-/m1/s1. The molecule has 1 heterocycles. The molecule has 1 aliphatic rings. The van der Waals surface area contributed by atoms with Gasteiger partial charge in [-0.05, 0) is 37.9 Å². The summed E-state index contributed by atoms with van der Waals surface area (Å²) in [6, 6.07) is 4.74. The average Bonchev–Trinajstić information content (AvgIpc) is 2.90. The van der Waals surface area contributed by atoms with Gasteiger partial charge in [-0.25, -0.2) is 8.42 Å². The average molecular weight is 313 g/mol. The van der Waals surface area contributed by atoms with Crippen molar-refractivity contribution in [3.05, 3.63) is 28.3 Å². The van der Waals surface area contributed by atoms with Crippen molar-refractivity contribution in [2.24, 2.45) is 0 Å². The fourth-order valence-electron chi connectivity index (χ4n) is 2.54. The normalized spacial score (nSPS) is 18.6. The van der Waals surface area contributed by atoms with Gasteiger partial charge >= 0.3 is 5.69 Å². The molecule has 0 aliphatic carbocycles. The van der Waals surface area contributed by atoms with Crippen molar-refractivity contribution in [2.75, 3.05) is 24.7 Å². The Labute approximate surface area is 123 Å². The molecule has 1 saturated heterocycles. The number of anilines is 1. The van der Waals surface area contributed by atoms with Crippen LogP contribution in [0.2, 0.25) is 0 Å². The molecule has 7 nitrogen and oxygen atoms in total. The molecule has 1 aromatic carbocycles. The molecule has 0 bridgehead atoms. The van der Waals surface area contributed by atoms with Crippen molar-refractivity contribution in [1.82, 2.24) is 5.32 Å². The van der Waals surface area contributed by atoms with E-state index in [2.05, 4.69) is 10.6 Å². The highest BCUT2D eigenvalue weighted by Gasteiger charge is 2.26. The molecule has 0 aromatic heterocycles. The van der Waals surface area contributed by atoms with Gasteiger partial charge in [0.15, 0.2) is 9.84 Å². The minimum absolute atomic E-state index is 0.251. The number of nitro groups is 1. The Balaban J connectivity index is 2.16. The third-order valence-electron chi connectivity index (χ3n) is 3.55. The molecule has 0 saturated carbocycles. The van der Waals surface area contributed by atoms with Gasteiger partial charge in [-0.1, -0.05) is 6.07 Å². The van der Waals surface area contributed by atoms with Gasteiger partial charge in [0.05, 0.1) is 4.92 Å². The Bertz CT molecular complexity index is 624. The zero-order valence-electron chi connectivity index (χ0n) is 11.8. The third-order valence-corrected chi connectivity index (χ3v) is 4.68. The molecule has 116 valence electrons. The van der Waals surface area contributed by atoms with Crippen molar-refractivity contribution in [1.29, 1.82) is 0 Å². The van der Waals surface area contributed by atoms with E-state index in [1.165, 1.54) is 18.2 Å². The molecule has 1 fully saturated rings. The summed E-state index contributed by atoms with van der Waals surface area (Å²) in [5, 5.41) is 17.5. The van der Waals surface area contributed by atoms with Gasteiger partial charge in [0.25, 0.3) is 0 Å². The first kappa shape index (κ1) is 15.7. The second-order valence-corrected chi connectivity index (χ2v) is 7.17. The first-order valence-corrected chi connectivity index (χ1v) is 8.73. The smallest absolute Gasteiger partial charge is 0.310 e. The van der Waals surface area contributed by atoms with Crippen LogP contribution in [0.4, 0.5) is 11.4 Å². The first-order chi connectivity index (χ1) is 9.89. The lowest BCUT2D eigenvalue weighted by atomic mass is 10.1. The first-order valence-electron chi connectivity index (χ1n) is 6.84. The molecular formula is C13H19N3O4S. The second-order valence-electron chi connectivity index (χ2n) is 5.19. The number of hydrogen-bond donors (Lipinski definition) is 2. The summed E-state index contributed by atoms with van der Waals surface area (Å²) in [5.74, 6) is 0. The predicted octanol–water partition coefficient (Wildman–Crippen LogP) is 1.55. The number of hydrogen-bond acceptors (Lipinski definition) is 6. The van der Waals surface area contributed by atoms with Gasteiger partial charge in [0.1, 0.15) is 10.6 Å². The lowest BCUT2D eigenvalue weighted by molar-refractivity contribution is -0.386. The molecule has 2 rings (SSSR count). The van der Waals surface area contributed by atoms with Crippen LogP contribution in [0.15, 0.2) is 23.1 Å². The summed E-state index contributed by atoms with van der Waals surface area (Å²) < 4.78 is 23.3. The molecule has 0 radical (unpaired) electrons. The third kappa shape index (κ3) is 3.92. The maximum atomic E-state index is 11.7. The Morgan fingerprint density at radius 2 is 2.24 bits per heavy atom. The molecule has 8 heteroatoms. The Hall–Kier alpha value is -1.67. The number of nitrogens with one attached hydrogen (secondary N) is 2. The summed E-state index contributed by atoms with van der Waals surface area (Å²) in [5.41, 5.74) is -0.125. The van der Waals surface area contributed by atoms with Crippen LogP contribution in [0.1, 0.15) is 19.3 Å². The van der Waals surface area contributed by atoms with E-state index in [1.54, 1.807) is 0 Å². The molecule has 21 heavy (non-hydrogen) atoms.